The summed E-state index contributed by atoms with van der Waals surface area (Å²) in [6.45, 7) is -1.15. The van der Waals surface area contributed by atoms with Crippen molar-refractivity contribution in [3.05, 3.63) is 34.1 Å². The quantitative estimate of drug-likeness (QED) is 0.590. The lowest BCUT2D eigenvalue weighted by Crippen LogP contribution is -2.27. The maximum Gasteiger partial charge on any atom is 0.411 e. The second-order valence-corrected chi connectivity index (χ2v) is 5.15. The van der Waals surface area contributed by atoms with Crippen LogP contribution in [0.3, 0.4) is 0 Å². The summed E-state index contributed by atoms with van der Waals surface area (Å²) in [6.07, 6.45) is -3.98. The summed E-state index contributed by atoms with van der Waals surface area (Å²) in [6, 6.07) is 4.24. The summed E-state index contributed by atoms with van der Waals surface area (Å²) >= 11 is 3.02. The van der Waals surface area contributed by atoms with E-state index < -0.39 is 18.6 Å². The van der Waals surface area contributed by atoms with Crippen LogP contribution >= 0.6 is 15.9 Å². The molecule has 1 aromatic carbocycles. The van der Waals surface area contributed by atoms with E-state index in [4.69, 9.17) is 0 Å². The van der Waals surface area contributed by atoms with Gasteiger partial charge >= 0.3 is 6.18 Å². The Hall–Kier alpha value is -1.15. The van der Waals surface area contributed by atoms with E-state index in [2.05, 4.69) is 26.0 Å². The molecule has 118 valence electrons. The monoisotopic (exact) mass is 371 g/mol. The van der Waals surface area contributed by atoms with Gasteiger partial charge in [0.05, 0.1) is 10.9 Å². The molecule has 0 fully saturated rings. The summed E-state index contributed by atoms with van der Waals surface area (Å²) < 4.78 is 53.0. The van der Waals surface area contributed by atoms with Gasteiger partial charge < -0.3 is 10.1 Å². The highest BCUT2D eigenvalue weighted by molar-refractivity contribution is 9.10. The summed E-state index contributed by atoms with van der Waals surface area (Å²) in [7, 11) is 0. The average molecular weight is 372 g/mol. The molecule has 0 aliphatic heterocycles. The molecule has 1 amide bonds. The first-order valence-electron chi connectivity index (χ1n) is 6.13. The number of hydrogen-bond donors (Lipinski definition) is 1. The maximum absolute atomic E-state index is 13.0. The molecule has 0 aliphatic carbocycles. The van der Waals surface area contributed by atoms with Crippen molar-refractivity contribution in [2.45, 2.75) is 19.0 Å². The largest absolute Gasteiger partial charge is 0.411 e. The molecule has 0 radical (unpaired) electrons. The Labute approximate surface area is 127 Å². The second kappa shape index (κ2) is 8.33. The van der Waals surface area contributed by atoms with Gasteiger partial charge in [-0.15, -0.1) is 0 Å². The van der Waals surface area contributed by atoms with Crippen LogP contribution in [-0.4, -0.2) is 31.8 Å². The first kappa shape index (κ1) is 17.9. The Morgan fingerprint density at radius 3 is 2.67 bits per heavy atom. The Morgan fingerprint density at radius 1 is 1.33 bits per heavy atom. The van der Waals surface area contributed by atoms with Crippen molar-refractivity contribution in [3.8, 4) is 0 Å². The van der Waals surface area contributed by atoms with Crippen LogP contribution in [-0.2, 0) is 16.0 Å². The maximum atomic E-state index is 13.0. The number of halogens is 5. The normalized spacial score (nSPS) is 11.5. The number of hydrogen-bond acceptors (Lipinski definition) is 2. The number of amides is 1. The molecule has 0 aromatic heterocycles. The molecule has 0 bridgehead atoms. The zero-order valence-electron chi connectivity index (χ0n) is 11.0. The Balaban J connectivity index is 2.18. The van der Waals surface area contributed by atoms with Crippen LogP contribution in [0.15, 0.2) is 22.7 Å². The van der Waals surface area contributed by atoms with E-state index in [0.717, 1.165) is 0 Å². The molecule has 0 spiro atoms. The molecule has 1 rings (SSSR count). The molecule has 3 nitrogen and oxygen atoms in total. The van der Waals surface area contributed by atoms with Gasteiger partial charge in [0.1, 0.15) is 12.4 Å². The van der Waals surface area contributed by atoms with Crippen LogP contribution in [0.25, 0.3) is 0 Å². The number of alkyl halides is 3. The summed E-state index contributed by atoms with van der Waals surface area (Å²) in [5, 5.41) is 2.55. The van der Waals surface area contributed by atoms with Crippen LogP contribution in [0.4, 0.5) is 17.6 Å². The number of rotatable bonds is 7. The fraction of sp³-hybridized carbons (Fsp3) is 0.462. The van der Waals surface area contributed by atoms with Gasteiger partial charge in [-0.1, -0.05) is 6.07 Å². The van der Waals surface area contributed by atoms with Gasteiger partial charge in [0.25, 0.3) is 0 Å². The minimum atomic E-state index is -4.33. The van der Waals surface area contributed by atoms with Crippen molar-refractivity contribution in [2.75, 3.05) is 19.8 Å². The number of carbonyl (C=O) groups excluding carboxylic acids is 1. The van der Waals surface area contributed by atoms with Gasteiger partial charge in [-0.05, 0) is 40.0 Å². The second-order valence-electron chi connectivity index (χ2n) is 4.30. The van der Waals surface area contributed by atoms with Crippen LogP contribution in [0, 0.1) is 5.82 Å². The van der Waals surface area contributed by atoms with E-state index in [1.807, 2.05) is 0 Å². The standard InChI is InChI=1S/C13H14BrF4NO2/c14-10-6-9(2-3-11(10)15)7-12(20)19-4-1-5-21-8-13(16,17)18/h2-3,6H,1,4-5,7-8H2,(H,19,20). The number of ether oxygens (including phenoxy) is 1. The van der Waals surface area contributed by atoms with Crippen LogP contribution in [0.2, 0.25) is 0 Å². The Bertz CT molecular complexity index is 480. The summed E-state index contributed by atoms with van der Waals surface area (Å²) in [5.74, 6) is -0.703. The highest BCUT2D eigenvalue weighted by atomic mass is 79.9. The van der Waals surface area contributed by atoms with Crippen molar-refractivity contribution in [1.29, 1.82) is 0 Å². The van der Waals surface area contributed by atoms with Gasteiger partial charge in [-0.2, -0.15) is 13.2 Å². The van der Waals surface area contributed by atoms with Crippen molar-refractivity contribution in [1.82, 2.24) is 5.32 Å². The fourth-order valence-corrected chi connectivity index (χ4v) is 1.91. The van der Waals surface area contributed by atoms with Crippen molar-refractivity contribution >= 4 is 21.8 Å². The van der Waals surface area contributed by atoms with Crippen molar-refractivity contribution in [2.24, 2.45) is 0 Å². The molecule has 0 aliphatic rings. The molecule has 0 atom stereocenters. The molecule has 0 unspecified atom stereocenters. The van der Waals surface area contributed by atoms with E-state index in [0.29, 0.717) is 5.56 Å². The summed E-state index contributed by atoms with van der Waals surface area (Å²) in [4.78, 5) is 11.6. The van der Waals surface area contributed by atoms with Gasteiger partial charge in [0.2, 0.25) is 5.91 Å². The highest BCUT2D eigenvalue weighted by Crippen LogP contribution is 2.17. The third-order valence-electron chi connectivity index (χ3n) is 2.40. The molecule has 0 saturated carbocycles. The van der Waals surface area contributed by atoms with E-state index in [9.17, 15) is 22.4 Å². The zero-order valence-corrected chi connectivity index (χ0v) is 12.6. The van der Waals surface area contributed by atoms with Crippen LogP contribution in [0.5, 0.6) is 0 Å². The van der Waals surface area contributed by atoms with E-state index in [1.54, 1.807) is 0 Å². The lowest BCUT2D eigenvalue weighted by Gasteiger charge is -2.08. The molecular weight excluding hydrogens is 358 g/mol. The first-order chi connectivity index (χ1) is 9.78. The third-order valence-corrected chi connectivity index (χ3v) is 3.01. The lowest BCUT2D eigenvalue weighted by molar-refractivity contribution is -0.174. The predicted molar refractivity (Wildman–Crippen MR) is 72.3 cm³/mol. The van der Waals surface area contributed by atoms with Gasteiger partial charge in [-0.3, -0.25) is 4.79 Å². The molecule has 0 heterocycles. The van der Waals surface area contributed by atoms with Crippen LogP contribution < -0.4 is 5.32 Å². The molecule has 1 N–H and O–H groups in total. The fourth-order valence-electron chi connectivity index (χ4n) is 1.49. The Kier molecular flexibility index (Phi) is 7.10. The number of carbonyl (C=O) groups is 1. The van der Waals surface area contributed by atoms with E-state index in [-0.39, 0.29) is 36.4 Å². The third kappa shape index (κ3) is 8.01. The SMILES string of the molecule is O=C(Cc1ccc(F)c(Br)c1)NCCCOCC(F)(F)F. The molecule has 8 heteroatoms. The van der Waals surface area contributed by atoms with Gasteiger partial charge in [-0.25, -0.2) is 4.39 Å². The van der Waals surface area contributed by atoms with Crippen molar-refractivity contribution < 1.29 is 27.1 Å². The smallest absolute Gasteiger partial charge is 0.372 e. The molecule has 1 aromatic rings. The first-order valence-corrected chi connectivity index (χ1v) is 6.92. The summed E-state index contributed by atoms with van der Waals surface area (Å²) in [5.41, 5.74) is 0.633. The highest BCUT2D eigenvalue weighted by Gasteiger charge is 2.27. The van der Waals surface area contributed by atoms with E-state index in [1.165, 1.54) is 18.2 Å². The molecule has 21 heavy (non-hydrogen) atoms. The average Bonchev–Trinajstić information content (AvgIpc) is 2.37. The van der Waals surface area contributed by atoms with Gasteiger partial charge in [0, 0.05) is 13.2 Å². The topological polar surface area (TPSA) is 38.3 Å². The minimum Gasteiger partial charge on any atom is -0.372 e. The van der Waals surface area contributed by atoms with Crippen LogP contribution in [0.1, 0.15) is 12.0 Å². The van der Waals surface area contributed by atoms with Crippen molar-refractivity contribution in [3.63, 3.8) is 0 Å². The zero-order chi connectivity index (χ0) is 15.9. The number of nitrogens with one attached hydrogen (secondary N) is 1. The predicted octanol–water partition coefficient (Wildman–Crippen LogP) is 3.22. The minimum absolute atomic E-state index is 0.0717. The lowest BCUT2D eigenvalue weighted by atomic mass is 10.1. The van der Waals surface area contributed by atoms with E-state index >= 15 is 0 Å². The molecular formula is C13H14BrF4NO2. The number of benzene rings is 1. The Morgan fingerprint density at radius 2 is 2.05 bits per heavy atom. The molecule has 0 saturated heterocycles. The van der Waals surface area contributed by atoms with Gasteiger partial charge in [0.15, 0.2) is 0 Å².